The fraction of sp³-hybridized carbons (Fsp3) is 0.345. The number of fused-ring (bicyclic) bond motifs is 1. The number of hydrogen-bond acceptors (Lipinski definition) is 8. The van der Waals surface area contributed by atoms with E-state index in [9.17, 15) is 19.3 Å². The Bertz CT molecular complexity index is 1560. The minimum absolute atomic E-state index is 0.0601. The number of halogens is 2. The minimum Gasteiger partial charge on any atom is -0.383 e. The highest BCUT2D eigenvalue weighted by molar-refractivity contribution is 6.19. The summed E-state index contributed by atoms with van der Waals surface area (Å²) in [6, 6.07) is 14.2. The predicted molar refractivity (Wildman–Crippen MR) is 153 cm³/mol. The summed E-state index contributed by atoms with van der Waals surface area (Å²) in [7, 11) is 1.93. The molecule has 2 aliphatic rings. The van der Waals surface area contributed by atoms with Crippen LogP contribution in [0.15, 0.2) is 54.5 Å². The van der Waals surface area contributed by atoms with Gasteiger partial charge in [-0.15, -0.1) is 5.53 Å². The Hall–Kier alpha value is -4.35. The first-order valence-electron chi connectivity index (χ1n) is 13.2. The van der Waals surface area contributed by atoms with Gasteiger partial charge in [0.1, 0.15) is 32.5 Å². The minimum atomic E-state index is -0.943. The topological polar surface area (TPSA) is 112 Å². The Morgan fingerprint density at radius 3 is 2.42 bits per heavy atom. The summed E-state index contributed by atoms with van der Waals surface area (Å²) in [5, 5.41) is 29.2. The molecule has 4 N–H and O–H groups in total. The van der Waals surface area contributed by atoms with Crippen LogP contribution in [0.5, 0.6) is 0 Å². The van der Waals surface area contributed by atoms with Crippen molar-refractivity contribution in [1.82, 2.24) is 21.0 Å². The molecule has 1 fully saturated rings. The van der Waals surface area contributed by atoms with E-state index in [4.69, 9.17) is 0 Å². The van der Waals surface area contributed by atoms with Gasteiger partial charge in [-0.25, -0.2) is 8.78 Å². The molecule has 0 radical (unpaired) electrons. The lowest BCUT2D eigenvalue weighted by molar-refractivity contribution is 0.146. The van der Waals surface area contributed by atoms with Crippen LogP contribution in [0.1, 0.15) is 50.3 Å². The number of nitrogens with zero attached hydrogens (tertiary/aromatic N) is 4. The van der Waals surface area contributed by atoms with Crippen molar-refractivity contribution in [3.63, 3.8) is 0 Å². The van der Waals surface area contributed by atoms with Gasteiger partial charge in [0, 0.05) is 30.0 Å². The number of anilines is 2. The van der Waals surface area contributed by atoms with E-state index in [2.05, 4.69) is 59.5 Å². The summed E-state index contributed by atoms with van der Waals surface area (Å²) in [5.74, 6) is -0.365. The van der Waals surface area contributed by atoms with Gasteiger partial charge < -0.3 is 16.1 Å². The van der Waals surface area contributed by atoms with Crippen LogP contribution in [0.2, 0.25) is 0 Å². The molecule has 2 heterocycles. The number of hydrogen-bond donors (Lipinski definition) is 4. The summed E-state index contributed by atoms with van der Waals surface area (Å²) < 4.78 is 27.7. The molecular weight excluding hydrogens is 509 g/mol. The van der Waals surface area contributed by atoms with Crippen LogP contribution in [-0.2, 0) is 5.44 Å². The average molecular weight is 540 g/mol. The van der Waals surface area contributed by atoms with Gasteiger partial charge in [-0.3, -0.25) is 9.99 Å². The summed E-state index contributed by atoms with van der Waals surface area (Å²) in [6.45, 7) is 6.38. The Labute approximate surface area is 233 Å². The third-order valence-electron chi connectivity index (χ3n) is 7.52. The SMILES string of the molecule is BC(Nc1cc(C#N)c2ncc(C#N)c(NCC(C)(C)C)c2c1)(C1=CN(C2(CF)CC2)NN1)c1ccc(F)cc1. The molecule has 1 unspecified atom stereocenters. The number of nitrogens with one attached hydrogen (secondary N) is 4. The predicted octanol–water partition coefficient (Wildman–Crippen LogP) is 4.14. The van der Waals surface area contributed by atoms with E-state index in [1.807, 2.05) is 20.1 Å². The summed E-state index contributed by atoms with van der Waals surface area (Å²) in [4.78, 5) is 4.43. The van der Waals surface area contributed by atoms with Crippen LogP contribution in [0, 0.1) is 33.9 Å². The number of rotatable bonds is 8. The maximum absolute atomic E-state index is 13.9. The largest absolute Gasteiger partial charge is 0.383 e. The van der Waals surface area contributed by atoms with Crippen molar-refractivity contribution in [3.8, 4) is 12.1 Å². The van der Waals surface area contributed by atoms with Crippen LogP contribution in [0.25, 0.3) is 10.9 Å². The monoisotopic (exact) mass is 540 g/mol. The first-order valence-corrected chi connectivity index (χ1v) is 13.2. The van der Waals surface area contributed by atoms with E-state index in [1.165, 1.54) is 18.3 Å². The molecule has 11 heteroatoms. The van der Waals surface area contributed by atoms with Crippen molar-refractivity contribution < 1.29 is 8.78 Å². The number of aromatic nitrogens is 1. The zero-order valence-electron chi connectivity index (χ0n) is 23.0. The van der Waals surface area contributed by atoms with Crippen LogP contribution < -0.4 is 21.6 Å². The first kappa shape index (κ1) is 27.2. The lowest BCUT2D eigenvalue weighted by Gasteiger charge is -2.34. The zero-order chi connectivity index (χ0) is 28.7. The first-order chi connectivity index (χ1) is 19.0. The molecule has 5 rings (SSSR count). The molecule has 8 nitrogen and oxygen atoms in total. The van der Waals surface area contributed by atoms with Gasteiger partial charge in [-0.05, 0) is 48.1 Å². The molecule has 1 atom stereocenters. The van der Waals surface area contributed by atoms with Gasteiger partial charge in [0.15, 0.2) is 0 Å². The smallest absolute Gasteiger partial charge is 0.148 e. The normalized spacial score (nSPS) is 17.3. The molecule has 0 saturated heterocycles. The van der Waals surface area contributed by atoms with Gasteiger partial charge >= 0.3 is 0 Å². The third-order valence-corrected chi connectivity index (χ3v) is 7.52. The lowest BCUT2D eigenvalue weighted by atomic mass is 9.69. The molecule has 0 spiro atoms. The zero-order valence-corrected chi connectivity index (χ0v) is 23.0. The Kier molecular flexibility index (Phi) is 6.81. The Morgan fingerprint density at radius 1 is 1.12 bits per heavy atom. The second-order valence-electron chi connectivity index (χ2n) is 11.9. The van der Waals surface area contributed by atoms with Crippen molar-refractivity contribution >= 4 is 30.1 Å². The van der Waals surface area contributed by atoms with E-state index >= 15 is 0 Å². The molecule has 1 aliphatic heterocycles. The van der Waals surface area contributed by atoms with Crippen molar-refractivity contribution in [2.24, 2.45) is 5.41 Å². The van der Waals surface area contributed by atoms with Gasteiger partial charge in [-0.1, -0.05) is 32.9 Å². The fourth-order valence-corrected chi connectivity index (χ4v) is 4.86. The Balaban J connectivity index is 1.63. The summed E-state index contributed by atoms with van der Waals surface area (Å²) >= 11 is 0. The number of benzene rings is 2. The second-order valence-corrected chi connectivity index (χ2v) is 11.9. The highest BCUT2D eigenvalue weighted by Crippen LogP contribution is 2.44. The van der Waals surface area contributed by atoms with Gasteiger partial charge in [-0.2, -0.15) is 10.5 Å². The highest BCUT2D eigenvalue weighted by Gasteiger charge is 2.50. The molecule has 1 aromatic heterocycles. The number of nitriles is 2. The van der Waals surface area contributed by atoms with E-state index in [-0.39, 0.29) is 11.2 Å². The molecule has 1 saturated carbocycles. The average Bonchev–Trinajstić information content (AvgIpc) is 3.57. The molecule has 2 aromatic carbocycles. The fourth-order valence-electron chi connectivity index (χ4n) is 4.86. The molecule has 0 amide bonds. The molecule has 0 bridgehead atoms. The number of hydrazine groups is 2. The van der Waals surface area contributed by atoms with Crippen LogP contribution >= 0.6 is 0 Å². The van der Waals surface area contributed by atoms with Crippen molar-refractivity contribution in [2.45, 2.75) is 44.6 Å². The molecule has 40 heavy (non-hydrogen) atoms. The lowest BCUT2D eigenvalue weighted by Crippen LogP contribution is -2.48. The molecule has 204 valence electrons. The van der Waals surface area contributed by atoms with E-state index < -0.39 is 17.7 Å². The van der Waals surface area contributed by atoms with Gasteiger partial charge in [0.05, 0.1) is 39.0 Å². The van der Waals surface area contributed by atoms with Crippen LogP contribution in [-0.4, -0.2) is 36.6 Å². The Morgan fingerprint density at radius 2 is 1.82 bits per heavy atom. The maximum Gasteiger partial charge on any atom is 0.148 e. The molecule has 3 aromatic rings. The molecule has 1 aliphatic carbocycles. The summed E-state index contributed by atoms with van der Waals surface area (Å²) in [6.07, 6.45) is 4.78. The van der Waals surface area contributed by atoms with Crippen molar-refractivity contribution in [2.75, 3.05) is 23.9 Å². The second kappa shape index (κ2) is 10.00. The van der Waals surface area contributed by atoms with Gasteiger partial charge in [0.25, 0.3) is 0 Å². The number of pyridine rings is 1. The summed E-state index contributed by atoms with van der Waals surface area (Å²) in [5.41, 5.74) is 8.49. The third kappa shape index (κ3) is 5.01. The van der Waals surface area contributed by atoms with Gasteiger partial charge in [0.2, 0.25) is 0 Å². The van der Waals surface area contributed by atoms with Crippen molar-refractivity contribution in [3.05, 3.63) is 77.0 Å². The standard InChI is InChI=1S/C29H31BF2N8/c1-27(2,3)17-36-26-19(13-34)14-35-25-18(12-33)10-22(11-23(25)26)37-29(30,20-4-6-21(32)7-5-20)24-15-40(39-38-24)28(16-31)8-9-28/h4-7,10-11,14-15,37-39H,8-9,16-17,30H2,1-3H3,(H,35,36). The quantitative estimate of drug-likeness (QED) is 0.316. The van der Waals surface area contributed by atoms with E-state index in [0.717, 1.165) is 18.4 Å². The van der Waals surface area contributed by atoms with E-state index in [1.54, 1.807) is 23.2 Å². The maximum atomic E-state index is 13.9. The highest BCUT2D eigenvalue weighted by atomic mass is 19.1. The van der Waals surface area contributed by atoms with E-state index in [0.29, 0.717) is 45.6 Å². The van der Waals surface area contributed by atoms with Crippen LogP contribution in [0.3, 0.4) is 0 Å². The van der Waals surface area contributed by atoms with Crippen molar-refractivity contribution in [1.29, 1.82) is 10.5 Å². The number of alkyl halides is 1. The molecular formula is C29H31BF2N8. The van der Waals surface area contributed by atoms with Crippen LogP contribution in [0.4, 0.5) is 20.2 Å².